The minimum absolute atomic E-state index is 0. The maximum absolute atomic E-state index is 12.0. The van der Waals surface area contributed by atoms with E-state index in [-0.39, 0.29) is 29.9 Å². The summed E-state index contributed by atoms with van der Waals surface area (Å²) >= 11 is 0. The molecule has 0 aromatic carbocycles. The Labute approximate surface area is 167 Å². The topological polar surface area (TPSA) is 69.6 Å². The summed E-state index contributed by atoms with van der Waals surface area (Å²) in [4.78, 5) is 23.2. The first-order valence-electron chi connectivity index (χ1n) is 8.85. The van der Waals surface area contributed by atoms with Gasteiger partial charge < -0.3 is 15.5 Å². The molecule has 1 atom stereocenters. The summed E-state index contributed by atoms with van der Waals surface area (Å²) < 4.78 is 0. The average molecular weight is 459 g/mol. The van der Waals surface area contributed by atoms with Gasteiger partial charge in [-0.15, -0.1) is 24.0 Å². The average Bonchev–Trinajstić information content (AvgIpc) is 2.54. The number of carbonyl (C=O) groups is 1. The normalized spacial score (nSPS) is 17.6. The van der Waals surface area contributed by atoms with Crippen molar-refractivity contribution in [3.05, 3.63) is 23.9 Å². The number of aromatic nitrogens is 1. The van der Waals surface area contributed by atoms with Crippen LogP contribution < -0.4 is 10.6 Å². The number of aliphatic imine (C=N–C) groups is 1. The predicted octanol–water partition coefficient (Wildman–Crippen LogP) is 3.03. The molecule has 0 radical (unpaired) electrons. The molecule has 0 spiro atoms. The van der Waals surface area contributed by atoms with Crippen LogP contribution in [-0.2, 0) is 4.79 Å². The summed E-state index contributed by atoms with van der Waals surface area (Å²) in [6, 6.07) is 5.59. The number of carbonyl (C=O) groups excluding carboxylic acids is 1. The van der Waals surface area contributed by atoms with Crippen LogP contribution in [0.5, 0.6) is 0 Å². The Morgan fingerprint density at radius 3 is 2.92 bits per heavy atom. The molecular formula is C18H30IN5O. The van der Waals surface area contributed by atoms with E-state index >= 15 is 0 Å². The first-order chi connectivity index (χ1) is 11.6. The van der Waals surface area contributed by atoms with Crippen LogP contribution in [0.25, 0.3) is 0 Å². The SMILES string of the molecule is CCNC(=NCCC(=O)Nc1cccc(C)n1)N1CCCC(C)C1.I. The maximum Gasteiger partial charge on any atom is 0.227 e. The number of nitrogens with one attached hydrogen (secondary N) is 2. The fraction of sp³-hybridized carbons (Fsp3) is 0.611. The summed E-state index contributed by atoms with van der Waals surface area (Å²) in [5, 5.41) is 6.16. The molecule has 2 N–H and O–H groups in total. The molecule has 1 aromatic heterocycles. The molecule has 1 aromatic rings. The van der Waals surface area contributed by atoms with Crippen molar-refractivity contribution >= 4 is 41.7 Å². The van der Waals surface area contributed by atoms with Crippen LogP contribution in [0, 0.1) is 12.8 Å². The van der Waals surface area contributed by atoms with Crippen molar-refractivity contribution in [2.75, 3.05) is 31.5 Å². The number of nitrogens with zero attached hydrogens (tertiary/aromatic N) is 3. The highest BCUT2D eigenvalue weighted by atomic mass is 127. The molecule has 1 amide bonds. The fourth-order valence-electron chi connectivity index (χ4n) is 2.89. The van der Waals surface area contributed by atoms with Gasteiger partial charge in [0, 0.05) is 31.7 Å². The molecular weight excluding hydrogens is 429 g/mol. The predicted molar refractivity (Wildman–Crippen MR) is 114 cm³/mol. The smallest absolute Gasteiger partial charge is 0.227 e. The number of anilines is 1. The Morgan fingerprint density at radius 2 is 2.24 bits per heavy atom. The third-order valence-corrected chi connectivity index (χ3v) is 4.05. The second-order valence-corrected chi connectivity index (χ2v) is 6.39. The molecule has 25 heavy (non-hydrogen) atoms. The van der Waals surface area contributed by atoms with E-state index in [0.717, 1.165) is 31.3 Å². The number of halogens is 1. The van der Waals surface area contributed by atoms with Crippen LogP contribution in [0.15, 0.2) is 23.2 Å². The number of piperidine rings is 1. The van der Waals surface area contributed by atoms with Crippen molar-refractivity contribution < 1.29 is 4.79 Å². The Balaban J connectivity index is 0.00000312. The van der Waals surface area contributed by atoms with Gasteiger partial charge in [-0.05, 0) is 44.7 Å². The lowest BCUT2D eigenvalue weighted by atomic mass is 10.0. The fourth-order valence-corrected chi connectivity index (χ4v) is 2.89. The first kappa shape index (κ1) is 21.7. The van der Waals surface area contributed by atoms with Crippen molar-refractivity contribution in [2.45, 2.75) is 40.0 Å². The number of hydrogen-bond acceptors (Lipinski definition) is 3. The van der Waals surface area contributed by atoms with Crippen molar-refractivity contribution in [3.63, 3.8) is 0 Å². The number of pyridine rings is 1. The van der Waals surface area contributed by atoms with Gasteiger partial charge in [0.25, 0.3) is 0 Å². The van der Waals surface area contributed by atoms with E-state index in [1.54, 1.807) is 6.07 Å². The Morgan fingerprint density at radius 1 is 1.44 bits per heavy atom. The minimum atomic E-state index is -0.0558. The third kappa shape index (κ3) is 7.58. The van der Waals surface area contributed by atoms with Crippen molar-refractivity contribution in [3.8, 4) is 0 Å². The van der Waals surface area contributed by atoms with Crippen LogP contribution in [0.4, 0.5) is 5.82 Å². The highest BCUT2D eigenvalue weighted by Crippen LogP contribution is 2.15. The standard InChI is InChI=1S/C18H29N5O.HI/c1-4-19-18(23-12-6-7-14(2)13-23)20-11-10-17(24)22-16-9-5-8-15(3)21-16;/h5,8-9,14H,4,6-7,10-13H2,1-3H3,(H,19,20)(H,21,22,24);1H. The van der Waals surface area contributed by atoms with E-state index in [9.17, 15) is 4.79 Å². The lowest BCUT2D eigenvalue weighted by molar-refractivity contribution is -0.116. The molecule has 1 saturated heterocycles. The Kier molecular flexibility index (Phi) is 9.77. The van der Waals surface area contributed by atoms with Crippen molar-refractivity contribution in [2.24, 2.45) is 10.9 Å². The van der Waals surface area contributed by atoms with Gasteiger partial charge in [-0.1, -0.05) is 13.0 Å². The van der Waals surface area contributed by atoms with Crippen molar-refractivity contribution in [1.29, 1.82) is 0 Å². The largest absolute Gasteiger partial charge is 0.357 e. The lowest BCUT2D eigenvalue weighted by Crippen LogP contribution is -2.46. The summed E-state index contributed by atoms with van der Waals surface area (Å²) in [6.45, 7) is 9.63. The van der Waals surface area contributed by atoms with Gasteiger partial charge in [0.05, 0.1) is 6.54 Å². The number of guanidine groups is 1. The summed E-state index contributed by atoms with van der Waals surface area (Å²) in [5.41, 5.74) is 0.888. The quantitative estimate of drug-likeness (QED) is 0.404. The highest BCUT2D eigenvalue weighted by molar-refractivity contribution is 14.0. The third-order valence-electron chi connectivity index (χ3n) is 4.05. The molecule has 1 aliphatic rings. The maximum atomic E-state index is 12.0. The van der Waals surface area contributed by atoms with E-state index in [4.69, 9.17) is 0 Å². The van der Waals surface area contributed by atoms with E-state index in [1.165, 1.54) is 12.8 Å². The molecule has 0 saturated carbocycles. The summed E-state index contributed by atoms with van der Waals surface area (Å²) in [7, 11) is 0. The molecule has 2 rings (SSSR count). The van der Waals surface area contributed by atoms with Gasteiger partial charge in [0.15, 0.2) is 5.96 Å². The summed E-state index contributed by atoms with van der Waals surface area (Å²) in [6.07, 6.45) is 2.83. The van der Waals surface area contributed by atoms with E-state index in [1.807, 2.05) is 19.1 Å². The Bertz CT molecular complexity index is 578. The summed E-state index contributed by atoms with van der Waals surface area (Å²) in [5.74, 6) is 2.16. The van der Waals surface area contributed by atoms with Gasteiger partial charge in [0.2, 0.25) is 5.91 Å². The number of aryl methyl sites for hydroxylation is 1. The van der Waals surface area contributed by atoms with Gasteiger partial charge >= 0.3 is 0 Å². The van der Waals surface area contributed by atoms with Crippen LogP contribution in [0.3, 0.4) is 0 Å². The van der Waals surface area contributed by atoms with Gasteiger partial charge in [-0.25, -0.2) is 4.98 Å². The first-order valence-corrected chi connectivity index (χ1v) is 8.85. The zero-order chi connectivity index (χ0) is 17.4. The van der Waals surface area contributed by atoms with Gasteiger partial charge in [-0.2, -0.15) is 0 Å². The van der Waals surface area contributed by atoms with Crippen LogP contribution in [-0.4, -0.2) is 47.9 Å². The molecule has 1 aliphatic heterocycles. The zero-order valence-electron chi connectivity index (χ0n) is 15.4. The molecule has 1 unspecified atom stereocenters. The number of hydrogen-bond donors (Lipinski definition) is 2. The monoisotopic (exact) mass is 459 g/mol. The van der Waals surface area contributed by atoms with E-state index < -0.39 is 0 Å². The van der Waals surface area contributed by atoms with E-state index in [2.05, 4.69) is 39.4 Å². The van der Waals surface area contributed by atoms with Crippen LogP contribution in [0.2, 0.25) is 0 Å². The highest BCUT2D eigenvalue weighted by Gasteiger charge is 2.19. The molecule has 0 bridgehead atoms. The molecule has 140 valence electrons. The molecule has 1 fully saturated rings. The number of likely N-dealkylation sites (tertiary alicyclic amines) is 1. The lowest BCUT2D eigenvalue weighted by Gasteiger charge is -2.33. The van der Waals surface area contributed by atoms with E-state index in [0.29, 0.717) is 24.7 Å². The molecule has 0 aliphatic carbocycles. The Hall–Kier alpha value is -1.38. The molecule has 7 heteroatoms. The van der Waals surface area contributed by atoms with Gasteiger partial charge in [0.1, 0.15) is 5.82 Å². The number of rotatable bonds is 5. The minimum Gasteiger partial charge on any atom is -0.357 e. The van der Waals surface area contributed by atoms with Crippen molar-refractivity contribution in [1.82, 2.24) is 15.2 Å². The molecule has 6 nitrogen and oxygen atoms in total. The van der Waals surface area contributed by atoms with Gasteiger partial charge in [-0.3, -0.25) is 9.79 Å². The molecule has 2 heterocycles. The zero-order valence-corrected chi connectivity index (χ0v) is 17.7. The van der Waals surface area contributed by atoms with Crippen LogP contribution >= 0.6 is 24.0 Å². The number of amides is 1. The van der Waals surface area contributed by atoms with Crippen LogP contribution in [0.1, 0.15) is 38.8 Å². The second kappa shape index (κ2) is 11.3. The second-order valence-electron chi connectivity index (χ2n) is 6.39.